The summed E-state index contributed by atoms with van der Waals surface area (Å²) in [4.78, 5) is 38.4. The maximum Gasteiger partial charge on any atom is 0.321 e. The summed E-state index contributed by atoms with van der Waals surface area (Å²) in [5.74, 6) is -1.31. The molecule has 0 aromatic heterocycles. The molecule has 2 aromatic carbocycles. The van der Waals surface area contributed by atoms with Crippen molar-refractivity contribution in [3.63, 3.8) is 0 Å². The van der Waals surface area contributed by atoms with Gasteiger partial charge in [-0.1, -0.05) is 34.1 Å². The number of benzene rings is 2. The van der Waals surface area contributed by atoms with E-state index in [9.17, 15) is 14.4 Å². The number of esters is 1. The molecule has 1 atom stereocenters. The first-order valence-electron chi connectivity index (χ1n) is 9.34. The standard InChI is InChI=1S/C21H22BrN3O4/c22-16-8-10-18(11-9-16)23-19(26)14-29-20(27)15-5-4-12-25(13-15)21(28)24-17-6-2-1-3-7-17/h1-3,6-11,15H,4-5,12-14H2,(H,23,26)(H,24,28). The Morgan fingerprint density at radius 1 is 1.00 bits per heavy atom. The number of hydrogen-bond donors (Lipinski definition) is 2. The molecule has 0 radical (unpaired) electrons. The van der Waals surface area contributed by atoms with Crippen LogP contribution in [0.3, 0.4) is 0 Å². The molecule has 7 nitrogen and oxygen atoms in total. The molecule has 1 fully saturated rings. The minimum Gasteiger partial charge on any atom is -0.455 e. The van der Waals surface area contributed by atoms with Crippen LogP contribution in [0.15, 0.2) is 59.1 Å². The number of likely N-dealkylation sites (tertiary alicyclic amines) is 1. The lowest BCUT2D eigenvalue weighted by Gasteiger charge is -2.31. The minimum atomic E-state index is -0.465. The van der Waals surface area contributed by atoms with Gasteiger partial charge in [-0.05, 0) is 49.2 Å². The van der Waals surface area contributed by atoms with Gasteiger partial charge >= 0.3 is 12.0 Å². The Bertz CT molecular complexity index is 858. The first-order chi connectivity index (χ1) is 14.0. The van der Waals surface area contributed by atoms with Crippen molar-refractivity contribution >= 4 is 45.2 Å². The number of piperidine rings is 1. The number of urea groups is 1. The lowest BCUT2D eigenvalue weighted by Crippen LogP contribution is -2.45. The summed E-state index contributed by atoms with van der Waals surface area (Å²) in [6, 6.07) is 16.0. The molecule has 0 saturated carbocycles. The molecule has 152 valence electrons. The van der Waals surface area contributed by atoms with Crippen LogP contribution < -0.4 is 10.6 Å². The van der Waals surface area contributed by atoms with Gasteiger partial charge < -0.3 is 20.3 Å². The lowest BCUT2D eigenvalue weighted by atomic mass is 9.98. The highest BCUT2D eigenvalue weighted by molar-refractivity contribution is 9.10. The van der Waals surface area contributed by atoms with E-state index >= 15 is 0 Å². The lowest BCUT2D eigenvalue weighted by molar-refractivity contribution is -0.152. The van der Waals surface area contributed by atoms with E-state index in [0.29, 0.717) is 30.8 Å². The van der Waals surface area contributed by atoms with E-state index in [1.54, 1.807) is 41.3 Å². The highest BCUT2D eigenvalue weighted by Crippen LogP contribution is 2.19. The number of carbonyl (C=O) groups is 3. The highest BCUT2D eigenvalue weighted by atomic mass is 79.9. The van der Waals surface area contributed by atoms with Crippen LogP contribution in [0.4, 0.5) is 16.2 Å². The Hall–Kier alpha value is -2.87. The van der Waals surface area contributed by atoms with Crippen molar-refractivity contribution in [2.24, 2.45) is 5.92 Å². The maximum atomic E-state index is 12.4. The molecule has 8 heteroatoms. The predicted molar refractivity (Wildman–Crippen MR) is 113 cm³/mol. The van der Waals surface area contributed by atoms with E-state index in [2.05, 4.69) is 26.6 Å². The van der Waals surface area contributed by atoms with E-state index in [4.69, 9.17) is 4.74 Å². The second-order valence-corrected chi connectivity index (χ2v) is 7.66. The molecular weight excluding hydrogens is 438 g/mol. The zero-order valence-corrected chi connectivity index (χ0v) is 17.4. The summed E-state index contributed by atoms with van der Waals surface area (Å²) in [6.07, 6.45) is 1.33. The zero-order chi connectivity index (χ0) is 20.6. The topological polar surface area (TPSA) is 87.7 Å². The van der Waals surface area contributed by atoms with Crippen LogP contribution in [0.25, 0.3) is 0 Å². The Kier molecular flexibility index (Phi) is 7.24. The van der Waals surface area contributed by atoms with Crippen LogP contribution in [0.5, 0.6) is 0 Å². The van der Waals surface area contributed by atoms with Crippen LogP contribution in [0, 0.1) is 5.92 Å². The summed E-state index contributed by atoms with van der Waals surface area (Å²) in [7, 11) is 0. The van der Waals surface area contributed by atoms with Crippen LogP contribution >= 0.6 is 15.9 Å². The van der Waals surface area contributed by atoms with Crippen LogP contribution in [0.2, 0.25) is 0 Å². The van der Waals surface area contributed by atoms with E-state index in [-0.39, 0.29) is 19.2 Å². The van der Waals surface area contributed by atoms with Crippen molar-refractivity contribution in [1.29, 1.82) is 0 Å². The Labute approximate surface area is 177 Å². The van der Waals surface area contributed by atoms with Crippen molar-refractivity contribution in [2.75, 3.05) is 30.3 Å². The van der Waals surface area contributed by atoms with Crippen LogP contribution in [-0.2, 0) is 14.3 Å². The summed E-state index contributed by atoms with van der Waals surface area (Å²) in [5.41, 5.74) is 1.32. The number of hydrogen-bond acceptors (Lipinski definition) is 4. The molecule has 0 aliphatic carbocycles. The number of halogens is 1. The van der Waals surface area contributed by atoms with E-state index in [1.165, 1.54) is 0 Å². The second kappa shape index (κ2) is 10.1. The van der Waals surface area contributed by atoms with Gasteiger partial charge in [0, 0.05) is 28.9 Å². The van der Waals surface area contributed by atoms with Gasteiger partial charge in [-0.3, -0.25) is 9.59 Å². The quantitative estimate of drug-likeness (QED) is 0.664. The highest BCUT2D eigenvalue weighted by Gasteiger charge is 2.30. The van der Waals surface area contributed by atoms with Gasteiger partial charge in [0.25, 0.3) is 5.91 Å². The van der Waals surface area contributed by atoms with Gasteiger partial charge in [-0.15, -0.1) is 0 Å². The zero-order valence-electron chi connectivity index (χ0n) is 15.8. The normalized spacial score (nSPS) is 16.0. The molecule has 3 amide bonds. The fourth-order valence-electron chi connectivity index (χ4n) is 3.06. The van der Waals surface area contributed by atoms with Crippen molar-refractivity contribution in [3.05, 3.63) is 59.1 Å². The maximum absolute atomic E-state index is 12.4. The molecule has 2 aromatic rings. The van der Waals surface area contributed by atoms with Gasteiger partial charge in [-0.25, -0.2) is 4.79 Å². The first kappa shape index (κ1) is 20.9. The van der Waals surface area contributed by atoms with E-state index in [1.807, 2.05) is 18.2 Å². The Balaban J connectivity index is 1.45. The Morgan fingerprint density at radius 3 is 2.41 bits per heavy atom. The molecule has 1 unspecified atom stereocenters. The predicted octanol–water partition coefficient (Wildman–Crippen LogP) is 3.87. The number of amides is 3. The monoisotopic (exact) mass is 459 g/mol. The average Bonchev–Trinajstić information content (AvgIpc) is 2.74. The summed E-state index contributed by atoms with van der Waals surface area (Å²) in [6.45, 7) is 0.486. The fourth-order valence-corrected chi connectivity index (χ4v) is 3.33. The smallest absolute Gasteiger partial charge is 0.321 e. The van der Waals surface area contributed by atoms with E-state index in [0.717, 1.165) is 4.47 Å². The molecule has 2 N–H and O–H groups in total. The third kappa shape index (κ3) is 6.32. The van der Waals surface area contributed by atoms with Crippen LogP contribution in [0.1, 0.15) is 12.8 Å². The summed E-state index contributed by atoms with van der Waals surface area (Å²) < 4.78 is 6.07. The van der Waals surface area contributed by atoms with E-state index < -0.39 is 17.8 Å². The number of carbonyl (C=O) groups excluding carboxylic acids is 3. The first-order valence-corrected chi connectivity index (χ1v) is 10.1. The number of rotatable bonds is 5. The number of anilines is 2. The second-order valence-electron chi connectivity index (χ2n) is 6.74. The average molecular weight is 460 g/mol. The molecule has 29 heavy (non-hydrogen) atoms. The van der Waals surface area contributed by atoms with Crippen molar-refractivity contribution < 1.29 is 19.1 Å². The molecule has 1 saturated heterocycles. The third-order valence-electron chi connectivity index (χ3n) is 4.54. The molecular formula is C21H22BrN3O4. The van der Waals surface area contributed by atoms with Crippen molar-refractivity contribution in [3.8, 4) is 0 Å². The molecule has 0 bridgehead atoms. The number of ether oxygens (including phenoxy) is 1. The number of para-hydroxylation sites is 1. The number of nitrogens with zero attached hydrogens (tertiary/aromatic N) is 1. The SMILES string of the molecule is O=C(COC(=O)C1CCCN(C(=O)Nc2ccccc2)C1)Nc1ccc(Br)cc1. The fraction of sp³-hybridized carbons (Fsp3) is 0.286. The van der Waals surface area contributed by atoms with Crippen molar-refractivity contribution in [2.45, 2.75) is 12.8 Å². The molecule has 0 spiro atoms. The van der Waals surface area contributed by atoms with Gasteiger partial charge in [0.05, 0.1) is 5.92 Å². The number of nitrogens with one attached hydrogen (secondary N) is 2. The van der Waals surface area contributed by atoms with Crippen LogP contribution in [-0.4, -0.2) is 42.5 Å². The molecule has 1 aliphatic heterocycles. The molecule has 1 aliphatic rings. The van der Waals surface area contributed by atoms with Gasteiger partial charge in [0.15, 0.2) is 6.61 Å². The third-order valence-corrected chi connectivity index (χ3v) is 5.07. The van der Waals surface area contributed by atoms with Gasteiger partial charge in [0.1, 0.15) is 0 Å². The Morgan fingerprint density at radius 2 is 1.69 bits per heavy atom. The molecule has 1 heterocycles. The minimum absolute atomic E-state index is 0.248. The summed E-state index contributed by atoms with van der Waals surface area (Å²) in [5, 5.41) is 5.49. The largest absolute Gasteiger partial charge is 0.455 e. The molecule has 3 rings (SSSR count). The summed E-state index contributed by atoms with van der Waals surface area (Å²) >= 11 is 3.32. The van der Waals surface area contributed by atoms with Gasteiger partial charge in [-0.2, -0.15) is 0 Å². The van der Waals surface area contributed by atoms with Gasteiger partial charge in [0.2, 0.25) is 0 Å². The van der Waals surface area contributed by atoms with Crippen molar-refractivity contribution in [1.82, 2.24) is 4.90 Å².